The Morgan fingerprint density at radius 1 is 1.18 bits per heavy atom. The van der Waals surface area contributed by atoms with Crippen LogP contribution >= 0.6 is 19.6 Å². The second kappa shape index (κ2) is 13.7. The van der Waals surface area contributed by atoms with Gasteiger partial charge < -0.3 is 15.4 Å². The lowest BCUT2D eigenvalue weighted by Crippen LogP contribution is -2.50. The molecule has 2 aliphatic heterocycles. The summed E-state index contributed by atoms with van der Waals surface area (Å²) in [5.41, 5.74) is 2.34. The van der Waals surface area contributed by atoms with Crippen molar-refractivity contribution in [3.8, 4) is 0 Å². The van der Waals surface area contributed by atoms with Crippen LogP contribution in [0.4, 0.5) is 0 Å². The van der Waals surface area contributed by atoms with Crippen LogP contribution in [0.2, 0.25) is 0 Å². The average molecular weight is 581 g/mol. The number of nitrogens with zero attached hydrogens (tertiary/aromatic N) is 1. The first-order valence-corrected chi connectivity index (χ1v) is 14.9. The highest BCUT2D eigenvalue weighted by atomic mass is 32.2. The van der Waals surface area contributed by atoms with E-state index in [1.807, 2.05) is 0 Å². The molecule has 2 aliphatic rings. The van der Waals surface area contributed by atoms with Gasteiger partial charge in [0.25, 0.3) is 0 Å². The molecule has 4 atom stereocenters. The van der Waals surface area contributed by atoms with Gasteiger partial charge in [0.2, 0.25) is 18.6 Å². The molecule has 2 fully saturated rings. The summed E-state index contributed by atoms with van der Waals surface area (Å²) in [6.07, 6.45) is -0.634. The first kappa shape index (κ1) is 32.7. The lowest BCUT2D eigenvalue weighted by molar-refractivity contribution is -0.160. The zero-order valence-electron chi connectivity index (χ0n) is 23.2. The van der Waals surface area contributed by atoms with Gasteiger partial charge in [-0.25, -0.2) is 14.1 Å². The zero-order chi connectivity index (χ0) is 28.7. The van der Waals surface area contributed by atoms with Crippen LogP contribution in [-0.2, 0) is 42.1 Å². The highest BCUT2D eigenvalue weighted by Gasteiger charge is 2.49. The Kier molecular flexibility index (Phi) is 11.8. The predicted octanol–water partition coefficient (Wildman–Crippen LogP) is 1.58. The van der Waals surface area contributed by atoms with Crippen LogP contribution in [0.25, 0.3) is 0 Å². The molecule has 3 N–H and O–H groups in total. The van der Waals surface area contributed by atoms with Gasteiger partial charge in [-0.1, -0.05) is 46.4 Å². The number of hydrogen-bond acceptors (Lipinski definition) is 12. The number of carbonyl (C=O) groups excluding carboxylic acids is 4. The lowest BCUT2D eigenvalue weighted by Gasteiger charge is -2.39. The molecule has 15 heteroatoms. The fraction of sp³-hybridized carbons (Fsp3) is 0.826. The van der Waals surface area contributed by atoms with E-state index in [2.05, 4.69) is 36.8 Å². The van der Waals surface area contributed by atoms with Crippen molar-refractivity contribution in [2.24, 2.45) is 10.8 Å². The largest absolute Gasteiger partial charge is 0.478 e. The summed E-state index contributed by atoms with van der Waals surface area (Å²) in [6.45, 7) is 10.7. The molecule has 2 saturated heterocycles. The van der Waals surface area contributed by atoms with Crippen molar-refractivity contribution >= 4 is 42.5 Å². The van der Waals surface area contributed by atoms with Crippen LogP contribution in [0.15, 0.2) is 0 Å². The number of phosphoric acid groups is 1. The van der Waals surface area contributed by atoms with Crippen molar-refractivity contribution in [2.45, 2.75) is 72.6 Å². The van der Waals surface area contributed by atoms with E-state index in [9.17, 15) is 23.7 Å². The molecule has 0 aliphatic carbocycles. The number of ether oxygens (including phenoxy) is 1. The predicted molar refractivity (Wildman–Crippen MR) is 141 cm³/mol. The van der Waals surface area contributed by atoms with Gasteiger partial charge in [-0.15, -0.1) is 0 Å². The molecule has 3 unspecified atom stereocenters. The molecular weight excluding hydrogens is 539 g/mol. The molecule has 0 bridgehead atoms. The van der Waals surface area contributed by atoms with E-state index in [4.69, 9.17) is 18.3 Å². The fourth-order valence-corrected chi connectivity index (χ4v) is 5.78. The van der Waals surface area contributed by atoms with Gasteiger partial charge in [0.05, 0.1) is 6.61 Å². The van der Waals surface area contributed by atoms with Gasteiger partial charge in [-0.3, -0.25) is 33.7 Å². The van der Waals surface area contributed by atoms with Crippen molar-refractivity contribution in [1.82, 2.24) is 21.1 Å². The first-order valence-electron chi connectivity index (χ1n) is 12.4. The number of phosphoric ester groups is 1. The van der Waals surface area contributed by atoms with E-state index >= 15 is 0 Å². The summed E-state index contributed by atoms with van der Waals surface area (Å²) in [7, 11) is -2.45. The third kappa shape index (κ3) is 9.89. The summed E-state index contributed by atoms with van der Waals surface area (Å²) in [4.78, 5) is 48.2. The Labute approximate surface area is 228 Å². The van der Waals surface area contributed by atoms with Gasteiger partial charge in [-0.05, 0) is 11.8 Å². The standard InChI is InChI=1S/C23H41N4O9PS/c1-15(28)38-11-10-24-18(29)8-9-25-20(30)19-23(5,6)13-34-37(32,36-19)35-14-33-21(31)16-12-17(22(2,3)4)26-27(16)7/h16-17,19,26H,8-14H2,1-7H3,(H,24,29)(H,25,30)/t16?,17?,19-,37?/m0/s1. The minimum absolute atomic E-state index is 0.0186. The Balaban J connectivity index is 1.81. The smallest absolute Gasteiger partial charge is 0.437 e. The van der Waals surface area contributed by atoms with Crippen LogP contribution in [0.3, 0.4) is 0 Å². The molecule has 0 spiro atoms. The Morgan fingerprint density at radius 2 is 1.87 bits per heavy atom. The van der Waals surface area contributed by atoms with E-state index < -0.39 is 44.1 Å². The number of hydrogen-bond donors (Lipinski definition) is 3. The molecule has 2 heterocycles. The van der Waals surface area contributed by atoms with E-state index in [1.165, 1.54) is 6.92 Å². The van der Waals surface area contributed by atoms with Crippen LogP contribution in [-0.4, -0.2) is 85.4 Å². The van der Waals surface area contributed by atoms with Gasteiger partial charge >= 0.3 is 13.8 Å². The van der Waals surface area contributed by atoms with Crippen molar-refractivity contribution in [3.63, 3.8) is 0 Å². The molecule has 0 aromatic rings. The molecule has 0 saturated carbocycles. The normalized spacial score (nSPS) is 27.5. The molecule has 2 rings (SSSR count). The van der Waals surface area contributed by atoms with Crippen LogP contribution < -0.4 is 16.1 Å². The maximum absolute atomic E-state index is 13.0. The van der Waals surface area contributed by atoms with Crippen molar-refractivity contribution < 1.29 is 42.1 Å². The van der Waals surface area contributed by atoms with Crippen molar-refractivity contribution in [1.29, 1.82) is 0 Å². The Morgan fingerprint density at radius 3 is 2.47 bits per heavy atom. The number of likely N-dealkylation sites (N-methyl/N-ethyl adjacent to an activating group) is 1. The van der Waals surface area contributed by atoms with Crippen molar-refractivity contribution in [3.05, 3.63) is 0 Å². The fourth-order valence-electron chi connectivity index (χ4n) is 3.78. The SMILES string of the molecule is CC(=O)SCCNC(=O)CCNC(=O)[C@@H]1OP(=O)(OCOC(=O)C2CC(C(C)(C)C)NN2C)OCC1(C)C. The average Bonchev–Trinajstić information content (AvgIpc) is 3.21. The van der Waals surface area contributed by atoms with Crippen LogP contribution in [0, 0.1) is 10.8 Å². The third-order valence-corrected chi connectivity index (χ3v) is 8.32. The van der Waals surface area contributed by atoms with Gasteiger partial charge in [-0.2, -0.15) is 0 Å². The number of rotatable bonds is 11. The van der Waals surface area contributed by atoms with Gasteiger partial charge in [0, 0.05) is 50.7 Å². The topological polar surface area (TPSA) is 162 Å². The maximum atomic E-state index is 13.0. The third-order valence-electron chi connectivity index (χ3n) is 6.17. The Bertz CT molecular complexity index is 927. The molecule has 0 radical (unpaired) electrons. The molecular formula is C23H41N4O9PS. The van der Waals surface area contributed by atoms with Crippen LogP contribution in [0.5, 0.6) is 0 Å². The number of amides is 2. The molecule has 0 aromatic heterocycles. The molecule has 38 heavy (non-hydrogen) atoms. The van der Waals surface area contributed by atoms with Crippen LogP contribution in [0.1, 0.15) is 54.4 Å². The van der Waals surface area contributed by atoms with E-state index in [0.29, 0.717) is 18.7 Å². The molecule has 13 nitrogen and oxygen atoms in total. The van der Waals surface area contributed by atoms with Gasteiger partial charge in [0.15, 0.2) is 11.2 Å². The molecule has 0 aromatic carbocycles. The first-order chi connectivity index (χ1) is 17.5. The molecule has 2 amide bonds. The number of hydrazine groups is 1. The number of thioether (sulfide) groups is 1. The lowest BCUT2D eigenvalue weighted by atomic mass is 9.85. The number of esters is 1. The molecule has 218 valence electrons. The van der Waals surface area contributed by atoms with Crippen molar-refractivity contribution in [2.75, 3.05) is 39.3 Å². The minimum atomic E-state index is -4.20. The Hall–Kier alpha value is -1.54. The maximum Gasteiger partial charge on any atom is 0.478 e. The van der Waals surface area contributed by atoms with Gasteiger partial charge in [0.1, 0.15) is 6.04 Å². The van der Waals surface area contributed by atoms with E-state index in [1.54, 1.807) is 25.9 Å². The number of carbonyl (C=O) groups is 4. The highest BCUT2D eigenvalue weighted by molar-refractivity contribution is 8.13. The zero-order valence-corrected chi connectivity index (χ0v) is 24.9. The number of nitrogens with one attached hydrogen (secondary N) is 3. The summed E-state index contributed by atoms with van der Waals surface area (Å²) < 4.78 is 34.1. The summed E-state index contributed by atoms with van der Waals surface area (Å²) >= 11 is 1.11. The monoisotopic (exact) mass is 580 g/mol. The summed E-state index contributed by atoms with van der Waals surface area (Å²) in [5, 5.41) is 6.91. The van der Waals surface area contributed by atoms with E-state index in [0.717, 1.165) is 11.8 Å². The van der Waals surface area contributed by atoms with E-state index in [-0.39, 0.29) is 42.1 Å². The highest BCUT2D eigenvalue weighted by Crippen LogP contribution is 2.57. The summed E-state index contributed by atoms with van der Waals surface area (Å²) in [6, 6.07) is -0.466. The minimum Gasteiger partial charge on any atom is -0.437 e. The quantitative estimate of drug-likeness (QED) is 0.140. The second-order valence-corrected chi connectivity index (χ2v) is 13.9. The second-order valence-electron chi connectivity index (χ2n) is 11.0. The summed E-state index contributed by atoms with van der Waals surface area (Å²) in [5.74, 6) is -0.947.